The van der Waals surface area contributed by atoms with E-state index in [4.69, 9.17) is 22.1 Å². The third-order valence-corrected chi connectivity index (χ3v) is 3.05. The van der Waals surface area contributed by atoms with Gasteiger partial charge in [0, 0.05) is 23.8 Å². The van der Waals surface area contributed by atoms with Crippen LogP contribution in [0.5, 0.6) is 5.75 Å². The molecule has 0 spiro atoms. The van der Waals surface area contributed by atoms with Gasteiger partial charge in [0.1, 0.15) is 5.75 Å². The fraction of sp³-hybridized carbons (Fsp3) is 0.250. The molecule has 0 aliphatic carbocycles. The molecule has 0 radical (unpaired) electrons. The highest BCUT2D eigenvalue weighted by molar-refractivity contribution is 6.31. The number of halogens is 1. The van der Waals surface area contributed by atoms with Crippen LogP contribution in [0.2, 0.25) is 5.02 Å². The topological polar surface area (TPSA) is 53.1 Å². The number of aromatic nitrogens is 2. The Morgan fingerprint density at radius 3 is 2.88 bits per heavy atom. The van der Waals surface area contributed by atoms with Crippen molar-refractivity contribution in [2.75, 3.05) is 7.11 Å². The zero-order chi connectivity index (χ0) is 12.4. The molecule has 0 aliphatic heterocycles. The lowest BCUT2D eigenvalue weighted by Gasteiger charge is -2.13. The molecule has 0 saturated heterocycles. The fourth-order valence-corrected chi connectivity index (χ4v) is 1.84. The van der Waals surface area contributed by atoms with Gasteiger partial charge < -0.3 is 10.5 Å². The smallest absolute Gasteiger partial charge is 0.144 e. The molecule has 1 aromatic carbocycles. The molecule has 4 nitrogen and oxygen atoms in total. The first-order chi connectivity index (χ1) is 8.17. The number of rotatable bonds is 3. The van der Waals surface area contributed by atoms with E-state index in [1.165, 1.54) is 0 Å². The number of hydrogen-bond donors (Lipinski definition) is 1. The summed E-state index contributed by atoms with van der Waals surface area (Å²) < 4.78 is 7.24. The molecule has 0 amide bonds. The molecule has 1 heterocycles. The normalized spacial score (nSPS) is 10.6. The summed E-state index contributed by atoms with van der Waals surface area (Å²) in [5.41, 5.74) is 8.47. The quantitative estimate of drug-likeness (QED) is 0.911. The van der Waals surface area contributed by atoms with Crippen molar-refractivity contribution < 1.29 is 4.74 Å². The lowest BCUT2D eigenvalue weighted by atomic mass is 10.2. The van der Waals surface area contributed by atoms with Gasteiger partial charge in [-0.3, -0.25) is 4.57 Å². The number of nitrogens with zero attached hydrogens (tertiary/aromatic N) is 2. The number of aryl methyl sites for hydroxylation is 1. The zero-order valence-corrected chi connectivity index (χ0v) is 10.5. The van der Waals surface area contributed by atoms with Gasteiger partial charge in [-0.25, -0.2) is 4.98 Å². The SMILES string of the molecule is COc1cc(Cl)c(C)cc1-n1cncc1CN. The first kappa shape index (κ1) is 12.0. The molecule has 5 heteroatoms. The van der Waals surface area contributed by atoms with Gasteiger partial charge in [-0.1, -0.05) is 11.6 Å². The van der Waals surface area contributed by atoms with Crippen molar-refractivity contribution in [1.29, 1.82) is 0 Å². The van der Waals surface area contributed by atoms with Crippen LogP contribution in [0.3, 0.4) is 0 Å². The van der Waals surface area contributed by atoms with Crippen LogP contribution in [0.25, 0.3) is 5.69 Å². The van der Waals surface area contributed by atoms with E-state index in [1.807, 2.05) is 17.6 Å². The first-order valence-electron chi connectivity index (χ1n) is 5.23. The van der Waals surface area contributed by atoms with Gasteiger partial charge in [0.25, 0.3) is 0 Å². The number of benzene rings is 1. The molecule has 0 atom stereocenters. The second kappa shape index (κ2) is 4.77. The van der Waals surface area contributed by atoms with Gasteiger partial charge in [0.15, 0.2) is 0 Å². The van der Waals surface area contributed by atoms with Crippen LogP contribution in [-0.4, -0.2) is 16.7 Å². The number of imidazole rings is 1. The monoisotopic (exact) mass is 251 g/mol. The molecule has 17 heavy (non-hydrogen) atoms. The van der Waals surface area contributed by atoms with Crippen molar-refractivity contribution in [3.05, 3.63) is 40.9 Å². The maximum absolute atomic E-state index is 6.07. The van der Waals surface area contributed by atoms with E-state index in [9.17, 15) is 0 Å². The highest BCUT2D eigenvalue weighted by atomic mass is 35.5. The van der Waals surface area contributed by atoms with Crippen molar-refractivity contribution in [2.24, 2.45) is 5.73 Å². The van der Waals surface area contributed by atoms with Gasteiger partial charge >= 0.3 is 0 Å². The first-order valence-corrected chi connectivity index (χ1v) is 5.61. The Morgan fingerprint density at radius 1 is 1.47 bits per heavy atom. The van der Waals surface area contributed by atoms with Crippen molar-refractivity contribution in [3.8, 4) is 11.4 Å². The Bertz CT molecular complexity index is 537. The molecule has 0 aliphatic rings. The number of nitrogens with two attached hydrogens (primary N) is 1. The highest BCUT2D eigenvalue weighted by Crippen LogP contribution is 2.30. The lowest BCUT2D eigenvalue weighted by molar-refractivity contribution is 0.412. The zero-order valence-electron chi connectivity index (χ0n) is 9.77. The summed E-state index contributed by atoms with van der Waals surface area (Å²) in [5.74, 6) is 0.702. The van der Waals surface area contributed by atoms with Gasteiger partial charge in [-0.05, 0) is 18.6 Å². The Morgan fingerprint density at radius 2 is 2.24 bits per heavy atom. The van der Waals surface area contributed by atoms with Gasteiger partial charge in [-0.15, -0.1) is 0 Å². The summed E-state index contributed by atoms with van der Waals surface area (Å²) in [7, 11) is 1.61. The second-order valence-corrected chi connectivity index (χ2v) is 4.14. The Kier molecular flexibility index (Phi) is 3.36. The minimum atomic E-state index is 0.421. The minimum absolute atomic E-state index is 0.421. The third kappa shape index (κ3) is 2.14. The summed E-state index contributed by atoms with van der Waals surface area (Å²) in [6.07, 6.45) is 3.46. The lowest BCUT2D eigenvalue weighted by Crippen LogP contribution is -2.06. The van der Waals surface area contributed by atoms with E-state index in [1.54, 1.807) is 25.7 Å². The van der Waals surface area contributed by atoms with Gasteiger partial charge in [0.2, 0.25) is 0 Å². The molecule has 1 aromatic heterocycles. The molecule has 0 fully saturated rings. The van der Waals surface area contributed by atoms with E-state index < -0.39 is 0 Å². The molecular formula is C12H14ClN3O. The Balaban J connectivity index is 2.62. The number of methoxy groups -OCH3 is 1. The predicted octanol–water partition coefficient (Wildman–Crippen LogP) is 2.30. The van der Waals surface area contributed by atoms with Crippen molar-refractivity contribution in [2.45, 2.75) is 13.5 Å². The maximum Gasteiger partial charge on any atom is 0.144 e. The van der Waals surface area contributed by atoms with Crippen molar-refractivity contribution in [3.63, 3.8) is 0 Å². The van der Waals surface area contributed by atoms with Crippen LogP contribution in [0.1, 0.15) is 11.3 Å². The van der Waals surface area contributed by atoms with E-state index in [2.05, 4.69) is 4.98 Å². The summed E-state index contributed by atoms with van der Waals surface area (Å²) >= 11 is 6.07. The standard InChI is InChI=1S/C12H14ClN3O/c1-8-3-11(12(17-2)4-10(8)13)16-7-15-6-9(16)5-14/h3-4,6-7H,5,14H2,1-2H3. The summed E-state index contributed by atoms with van der Waals surface area (Å²) in [6.45, 7) is 2.37. The molecule has 90 valence electrons. The fourth-order valence-electron chi connectivity index (χ4n) is 1.69. The average Bonchev–Trinajstić information content (AvgIpc) is 2.80. The molecule has 2 N–H and O–H groups in total. The van der Waals surface area contributed by atoms with E-state index >= 15 is 0 Å². The highest BCUT2D eigenvalue weighted by Gasteiger charge is 2.11. The maximum atomic E-state index is 6.07. The van der Waals surface area contributed by atoms with Crippen LogP contribution in [0, 0.1) is 6.92 Å². The second-order valence-electron chi connectivity index (χ2n) is 3.73. The van der Waals surface area contributed by atoms with Crippen LogP contribution in [0.4, 0.5) is 0 Å². The largest absolute Gasteiger partial charge is 0.495 e. The third-order valence-electron chi connectivity index (χ3n) is 2.64. The number of hydrogen-bond acceptors (Lipinski definition) is 3. The molecule has 2 rings (SSSR count). The summed E-state index contributed by atoms with van der Waals surface area (Å²) in [5, 5.41) is 0.681. The summed E-state index contributed by atoms with van der Waals surface area (Å²) in [4.78, 5) is 4.09. The molecular weight excluding hydrogens is 238 g/mol. The van der Waals surface area contributed by atoms with E-state index in [0.29, 0.717) is 17.3 Å². The van der Waals surface area contributed by atoms with Crippen LogP contribution in [0.15, 0.2) is 24.7 Å². The van der Waals surface area contributed by atoms with Crippen LogP contribution >= 0.6 is 11.6 Å². The van der Waals surface area contributed by atoms with Gasteiger partial charge in [0.05, 0.1) is 24.8 Å². The predicted molar refractivity (Wildman–Crippen MR) is 67.8 cm³/mol. The summed E-state index contributed by atoms with van der Waals surface area (Å²) in [6, 6.07) is 3.76. The minimum Gasteiger partial charge on any atom is -0.495 e. The average molecular weight is 252 g/mol. The van der Waals surface area contributed by atoms with Crippen molar-refractivity contribution in [1.82, 2.24) is 9.55 Å². The number of ether oxygens (including phenoxy) is 1. The van der Waals surface area contributed by atoms with Gasteiger partial charge in [-0.2, -0.15) is 0 Å². The van der Waals surface area contributed by atoms with Crippen LogP contribution < -0.4 is 10.5 Å². The Hall–Kier alpha value is -1.52. The molecule has 2 aromatic rings. The molecule has 0 saturated carbocycles. The molecule has 0 unspecified atom stereocenters. The molecule has 0 bridgehead atoms. The Labute approximate surface area is 105 Å². The van der Waals surface area contributed by atoms with Crippen LogP contribution in [-0.2, 0) is 6.54 Å². The van der Waals surface area contributed by atoms with E-state index in [-0.39, 0.29) is 0 Å². The van der Waals surface area contributed by atoms with Crippen molar-refractivity contribution >= 4 is 11.6 Å². The van der Waals surface area contributed by atoms with E-state index in [0.717, 1.165) is 16.9 Å².